The van der Waals surface area contributed by atoms with Crippen LogP contribution in [-0.4, -0.2) is 6.10 Å². The fraction of sp³-hybridized carbons (Fsp3) is 0.571. The normalized spacial score (nSPS) is 25.2. The van der Waals surface area contributed by atoms with Gasteiger partial charge in [-0.2, -0.15) is 0 Å². The summed E-state index contributed by atoms with van der Waals surface area (Å²) in [6.45, 7) is 0. The van der Waals surface area contributed by atoms with Gasteiger partial charge in [0.05, 0.1) is 0 Å². The molecule has 1 heterocycles. The molecule has 0 amide bonds. The van der Waals surface area contributed by atoms with Crippen molar-refractivity contribution in [3.05, 3.63) is 29.8 Å². The molecule has 1 unspecified atom stereocenters. The largest absolute Gasteiger partial charge is 0.490 e. The van der Waals surface area contributed by atoms with Gasteiger partial charge in [-0.3, -0.25) is 0 Å². The van der Waals surface area contributed by atoms with Crippen LogP contribution in [0.25, 0.3) is 0 Å². The lowest BCUT2D eigenvalue weighted by atomic mass is 9.97. The van der Waals surface area contributed by atoms with Gasteiger partial charge in [-0.1, -0.05) is 43.9 Å². The number of para-hydroxylation sites is 1. The van der Waals surface area contributed by atoms with Gasteiger partial charge in [0.25, 0.3) is 0 Å². The molecule has 1 aromatic rings. The highest BCUT2D eigenvalue weighted by Crippen LogP contribution is 2.35. The molecule has 1 aliphatic heterocycles. The molecule has 0 N–H and O–H groups in total. The van der Waals surface area contributed by atoms with E-state index in [2.05, 4.69) is 24.3 Å². The van der Waals surface area contributed by atoms with Gasteiger partial charge in [0.1, 0.15) is 11.9 Å². The molecule has 0 bridgehead atoms. The molecule has 1 fully saturated rings. The highest BCUT2D eigenvalue weighted by atomic mass is 16.5. The van der Waals surface area contributed by atoms with Crippen molar-refractivity contribution in [2.24, 2.45) is 5.92 Å². The monoisotopic (exact) mass is 202 g/mol. The number of rotatable bonds is 2. The van der Waals surface area contributed by atoms with Crippen molar-refractivity contribution in [2.45, 2.75) is 44.6 Å². The van der Waals surface area contributed by atoms with Crippen LogP contribution in [0.1, 0.15) is 37.7 Å². The van der Waals surface area contributed by atoms with Gasteiger partial charge in [-0.15, -0.1) is 0 Å². The average molecular weight is 202 g/mol. The van der Waals surface area contributed by atoms with Crippen LogP contribution in [0.5, 0.6) is 5.75 Å². The highest BCUT2D eigenvalue weighted by molar-refractivity contribution is 5.37. The van der Waals surface area contributed by atoms with E-state index in [-0.39, 0.29) is 0 Å². The van der Waals surface area contributed by atoms with Crippen LogP contribution in [0.4, 0.5) is 0 Å². The Labute approximate surface area is 91.5 Å². The Morgan fingerprint density at radius 2 is 1.93 bits per heavy atom. The minimum atomic E-state index is 0.463. The van der Waals surface area contributed by atoms with Crippen molar-refractivity contribution in [1.82, 2.24) is 0 Å². The van der Waals surface area contributed by atoms with E-state index in [9.17, 15) is 0 Å². The Morgan fingerprint density at radius 1 is 1.13 bits per heavy atom. The second kappa shape index (κ2) is 3.88. The Bertz CT molecular complexity index is 314. The van der Waals surface area contributed by atoms with Crippen molar-refractivity contribution in [3.63, 3.8) is 0 Å². The topological polar surface area (TPSA) is 9.23 Å². The zero-order chi connectivity index (χ0) is 10.1. The van der Waals surface area contributed by atoms with Crippen LogP contribution >= 0.6 is 0 Å². The third-order valence-corrected chi connectivity index (χ3v) is 3.78. The number of ether oxygens (including phenoxy) is 1. The maximum atomic E-state index is 5.97. The van der Waals surface area contributed by atoms with E-state index in [0.717, 1.165) is 18.1 Å². The van der Waals surface area contributed by atoms with Crippen LogP contribution in [0, 0.1) is 5.92 Å². The third kappa shape index (κ3) is 1.88. The minimum absolute atomic E-state index is 0.463. The second-order valence-electron chi connectivity index (χ2n) is 4.94. The molecule has 1 aromatic carbocycles. The maximum absolute atomic E-state index is 5.97. The summed E-state index contributed by atoms with van der Waals surface area (Å²) >= 11 is 0. The van der Waals surface area contributed by atoms with Crippen LogP contribution in [0.3, 0.4) is 0 Å². The second-order valence-corrected chi connectivity index (χ2v) is 4.94. The number of benzene rings is 1. The van der Waals surface area contributed by atoms with E-state index in [1.807, 2.05) is 0 Å². The predicted octanol–water partition coefficient (Wildman–Crippen LogP) is 3.57. The fourth-order valence-electron chi connectivity index (χ4n) is 3.00. The van der Waals surface area contributed by atoms with Gasteiger partial charge in [0.2, 0.25) is 0 Å². The van der Waals surface area contributed by atoms with E-state index in [0.29, 0.717) is 6.10 Å². The summed E-state index contributed by atoms with van der Waals surface area (Å²) in [5.41, 5.74) is 1.40. The van der Waals surface area contributed by atoms with Crippen molar-refractivity contribution >= 4 is 0 Å². The zero-order valence-electron chi connectivity index (χ0n) is 9.11. The lowest BCUT2D eigenvalue weighted by Gasteiger charge is -2.15. The standard InChI is InChI=1S/C14H18O/c1-2-6-11(5-1)9-13-10-12-7-3-4-8-14(12)15-13/h3-4,7-8,11,13H,1-2,5-6,9-10H2. The molecule has 2 aliphatic rings. The van der Waals surface area contributed by atoms with E-state index in [1.165, 1.54) is 37.7 Å². The van der Waals surface area contributed by atoms with Crippen LogP contribution in [0.2, 0.25) is 0 Å². The maximum Gasteiger partial charge on any atom is 0.123 e. The van der Waals surface area contributed by atoms with Crippen LogP contribution in [-0.2, 0) is 6.42 Å². The van der Waals surface area contributed by atoms with Crippen molar-refractivity contribution < 1.29 is 4.74 Å². The average Bonchev–Trinajstić information content (AvgIpc) is 2.86. The first kappa shape index (κ1) is 9.26. The quantitative estimate of drug-likeness (QED) is 0.712. The predicted molar refractivity (Wildman–Crippen MR) is 61.1 cm³/mol. The lowest BCUT2D eigenvalue weighted by molar-refractivity contribution is 0.194. The molecule has 1 nitrogen and oxygen atoms in total. The lowest BCUT2D eigenvalue weighted by Crippen LogP contribution is -2.16. The van der Waals surface area contributed by atoms with Crippen LogP contribution < -0.4 is 4.74 Å². The summed E-state index contributed by atoms with van der Waals surface area (Å²) in [5, 5.41) is 0. The Hall–Kier alpha value is -0.980. The van der Waals surface area contributed by atoms with Crippen molar-refractivity contribution in [2.75, 3.05) is 0 Å². The van der Waals surface area contributed by atoms with Gasteiger partial charge in [0.15, 0.2) is 0 Å². The number of hydrogen-bond acceptors (Lipinski definition) is 1. The summed E-state index contributed by atoms with van der Waals surface area (Å²) < 4.78 is 5.97. The molecule has 1 heteroatoms. The zero-order valence-corrected chi connectivity index (χ0v) is 9.11. The first-order chi connectivity index (χ1) is 7.42. The molecule has 0 radical (unpaired) electrons. The van der Waals surface area contributed by atoms with E-state index in [1.54, 1.807) is 0 Å². The van der Waals surface area contributed by atoms with Crippen molar-refractivity contribution in [1.29, 1.82) is 0 Å². The van der Waals surface area contributed by atoms with Gasteiger partial charge < -0.3 is 4.74 Å². The summed E-state index contributed by atoms with van der Waals surface area (Å²) in [6.07, 6.45) is 8.59. The van der Waals surface area contributed by atoms with E-state index >= 15 is 0 Å². The summed E-state index contributed by atoms with van der Waals surface area (Å²) in [6, 6.07) is 8.48. The number of hydrogen-bond donors (Lipinski definition) is 0. The SMILES string of the molecule is c1ccc2c(c1)CC(CC1CCCC1)O2. The Morgan fingerprint density at radius 3 is 2.73 bits per heavy atom. The molecule has 3 rings (SSSR count). The third-order valence-electron chi connectivity index (χ3n) is 3.78. The fourth-order valence-corrected chi connectivity index (χ4v) is 3.00. The molecule has 15 heavy (non-hydrogen) atoms. The molecule has 0 aromatic heterocycles. The molecule has 0 saturated heterocycles. The first-order valence-corrected chi connectivity index (χ1v) is 6.16. The molecule has 1 aliphatic carbocycles. The van der Waals surface area contributed by atoms with Crippen LogP contribution in [0.15, 0.2) is 24.3 Å². The summed E-state index contributed by atoms with van der Waals surface area (Å²) in [7, 11) is 0. The minimum Gasteiger partial charge on any atom is -0.490 e. The van der Waals surface area contributed by atoms with Gasteiger partial charge in [0, 0.05) is 6.42 Å². The highest BCUT2D eigenvalue weighted by Gasteiger charge is 2.26. The van der Waals surface area contributed by atoms with Gasteiger partial charge >= 0.3 is 0 Å². The molecule has 1 atom stereocenters. The van der Waals surface area contributed by atoms with E-state index in [4.69, 9.17) is 4.74 Å². The molecular formula is C14H18O. The molecular weight excluding hydrogens is 184 g/mol. The first-order valence-electron chi connectivity index (χ1n) is 6.16. The Kier molecular flexibility index (Phi) is 2.40. The summed E-state index contributed by atoms with van der Waals surface area (Å²) in [4.78, 5) is 0. The van der Waals surface area contributed by atoms with Gasteiger partial charge in [-0.25, -0.2) is 0 Å². The smallest absolute Gasteiger partial charge is 0.123 e. The van der Waals surface area contributed by atoms with E-state index < -0.39 is 0 Å². The van der Waals surface area contributed by atoms with Gasteiger partial charge in [-0.05, 0) is 24.0 Å². The molecule has 80 valence electrons. The molecule has 1 saturated carbocycles. The number of fused-ring (bicyclic) bond motifs is 1. The van der Waals surface area contributed by atoms with Crippen molar-refractivity contribution in [3.8, 4) is 5.75 Å². The Balaban J connectivity index is 1.63. The summed E-state index contributed by atoms with van der Waals surface area (Å²) in [5.74, 6) is 2.06. The molecule has 0 spiro atoms.